The third-order valence-corrected chi connectivity index (χ3v) is 2.96. The molecule has 1 aliphatic heterocycles. The lowest BCUT2D eigenvalue weighted by molar-refractivity contribution is 0.00696. The van der Waals surface area contributed by atoms with Crippen molar-refractivity contribution in [2.24, 2.45) is 4.99 Å². The number of esters is 1. The molecule has 0 aliphatic carbocycles. The number of hydrogen-bond donors (Lipinski definition) is 0. The minimum absolute atomic E-state index is 0.297. The van der Waals surface area contributed by atoms with Crippen molar-refractivity contribution in [3.05, 3.63) is 29.3 Å². The highest BCUT2D eigenvalue weighted by atomic mass is 32.2. The molecule has 2 rings (SSSR count). The molecule has 0 amide bonds. The summed E-state index contributed by atoms with van der Waals surface area (Å²) in [6.07, 6.45) is 0. The van der Waals surface area contributed by atoms with Gasteiger partial charge in [0.15, 0.2) is 0 Å². The molecule has 0 atom stereocenters. The number of thioether (sulfide) groups is 1. The van der Waals surface area contributed by atoms with E-state index in [0.29, 0.717) is 5.56 Å². The first-order valence-electron chi connectivity index (χ1n) is 5.46. The lowest BCUT2D eigenvalue weighted by Gasteiger charge is -2.20. The summed E-state index contributed by atoms with van der Waals surface area (Å²) in [4.78, 5) is 16.1. The zero-order valence-corrected chi connectivity index (χ0v) is 11.0. The van der Waals surface area contributed by atoms with Gasteiger partial charge in [0.1, 0.15) is 5.60 Å². The molecule has 0 unspecified atom stereocenters. The van der Waals surface area contributed by atoms with Crippen LogP contribution in [0.25, 0.3) is 0 Å². The first kappa shape index (κ1) is 12.2. The first-order chi connectivity index (χ1) is 7.96. The van der Waals surface area contributed by atoms with Crippen molar-refractivity contribution in [3.63, 3.8) is 0 Å². The molecule has 3 nitrogen and oxygen atoms in total. The van der Waals surface area contributed by atoms with Crippen LogP contribution in [0.1, 0.15) is 36.7 Å². The zero-order chi connectivity index (χ0) is 12.5. The third kappa shape index (κ3) is 3.09. The highest BCUT2D eigenvalue weighted by molar-refractivity contribution is 8.11. The monoisotopic (exact) mass is 249 g/mol. The normalized spacial score (nSPS) is 14.3. The fourth-order valence-corrected chi connectivity index (χ4v) is 2.18. The molecular formula is C13H15NO2S. The summed E-state index contributed by atoms with van der Waals surface area (Å²) in [5.41, 5.74) is 3.92. The maximum absolute atomic E-state index is 11.9. The van der Waals surface area contributed by atoms with Crippen molar-refractivity contribution in [2.45, 2.75) is 32.1 Å². The Morgan fingerprint density at radius 1 is 1.41 bits per heavy atom. The van der Waals surface area contributed by atoms with Crippen molar-refractivity contribution in [2.75, 3.05) is 0 Å². The molecule has 90 valence electrons. The van der Waals surface area contributed by atoms with E-state index >= 15 is 0 Å². The predicted octanol–water partition coefficient (Wildman–Crippen LogP) is 3.55. The lowest BCUT2D eigenvalue weighted by atomic mass is 10.1. The molecule has 0 spiro atoms. The van der Waals surface area contributed by atoms with Crippen LogP contribution in [0.3, 0.4) is 0 Å². The Hall–Kier alpha value is -1.29. The fraction of sp³-hybridized carbons (Fsp3) is 0.385. The van der Waals surface area contributed by atoms with E-state index < -0.39 is 5.60 Å². The van der Waals surface area contributed by atoms with Gasteiger partial charge in [-0.2, -0.15) is 0 Å². The summed E-state index contributed by atoms with van der Waals surface area (Å²) in [5.74, 6) is 0.613. The second-order valence-electron chi connectivity index (χ2n) is 4.89. The van der Waals surface area contributed by atoms with E-state index in [9.17, 15) is 4.79 Å². The summed E-state index contributed by atoms with van der Waals surface area (Å²) in [6, 6.07) is 5.53. The highest BCUT2D eigenvalue weighted by Gasteiger charge is 2.19. The van der Waals surface area contributed by atoms with Gasteiger partial charge < -0.3 is 4.74 Å². The van der Waals surface area contributed by atoms with E-state index in [1.165, 1.54) is 0 Å². The molecule has 0 saturated heterocycles. The van der Waals surface area contributed by atoms with Gasteiger partial charge in [0, 0.05) is 5.75 Å². The standard InChI is InChI=1S/C13H15NO2S/c1-13(2,3)16-12(15)9-4-5-10-7-17-8-14-11(10)6-9/h4-6,8H,7H2,1-3H3. The molecule has 0 saturated carbocycles. The molecule has 17 heavy (non-hydrogen) atoms. The number of nitrogens with zero attached hydrogens (tertiary/aromatic N) is 1. The van der Waals surface area contributed by atoms with Gasteiger partial charge in [-0.15, -0.1) is 11.8 Å². The van der Waals surface area contributed by atoms with Gasteiger partial charge in [-0.05, 0) is 38.5 Å². The predicted molar refractivity (Wildman–Crippen MR) is 71.1 cm³/mol. The van der Waals surface area contributed by atoms with Crippen molar-refractivity contribution in [1.82, 2.24) is 0 Å². The van der Waals surface area contributed by atoms with Gasteiger partial charge >= 0.3 is 5.97 Å². The Balaban J connectivity index is 2.23. The zero-order valence-electron chi connectivity index (χ0n) is 10.2. The number of aliphatic imine (C=N–C) groups is 1. The van der Waals surface area contributed by atoms with Gasteiger partial charge in [-0.25, -0.2) is 9.79 Å². The second-order valence-corrected chi connectivity index (χ2v) is 5.72. The maximum Gasteiger partial charge on any atom is 0.338 e. The van der Waals surface area contributed by atoms with E-state index in [2.05, 4.69) is 4.99 Å². The van der Waals surface area contributed by atoms with E-state index in [1.807, 2.05) is 26.8 Å². The Morgan fingerprint density at radius 2 is 2.18 bits per heavy atom. The van der Waals surface area contributed by atoms with Crippen LogP contribution >= 0.6 is 11.8 Å². The summed E-state index contributed by atoms with van der Waals surface area (Å²) in [6.45, 7) is 5.58. The van der Waals surface area contributed by atoms with Gasteiger partial charge in [-0.1, -0.05) is 6.07 Å². The molecule has 0 bridgehead atoms. The Kier molecular flexibility index (Phi) is 3.24. The second kappa shape index (κ2) is 4.53. The maximum atomic E-state index is 11.9. The average Bonchev–Trinajstić information content (AvgIpc) is 2.26. The molecule has 4 heteroatoms. The average molecular weight is 249 g/mol. The number of carbonyl (C=O) groups is 1. The molecule has 0 radical (unpaired) electrons. The number of rotatable bonds is 1. The third-order valence-electron chi connectivity index (χ3n) is 2.23. The molecule has 1 aromatic rings. The Labute approximate surface area is 105 Å². The number of benzene rings is 1. The van der Waals surface area contributed by atoms with Crippen molar-refractivity contribution < 1.29 is 9.53 Å². The quantitative estimate of drug-likeness (QED) is 0.714. The smallest absolute Gasteiger partial charge is 0.338 e. The van der Waals surface area contributed by atoms with E-state index in [-0.39, 0.29) is 5.97 Å². The molecule has 0 aromatic heterocycles. The highest BCUT2D eigenvalue weighted by Crippen LogP contribution is 2.29. The summed E-state index contributed by atoms with van der Waals surface area (Å²) in [7, 11) is 0. The van der Waals surface area contributed by atoms with Crippen LogP contribution in [0.4, 0.5) is 5.69 Å². The Morgan fingerprint density at radius 3 is 2.88 bits per heavy atom. The van der Waals surface area contributed by atoms with Crippen LogP contribution in [-0.4, -0.2) is 17.1 Å². The van der Waals surface area contributed by atoms with Crippen LogP contribution in [0, 0.1) is 0 Å². The minimum atomic E-state index is -0.466. The van der Waals surface area contributed by atoms with Crippen LogP contribution in [-0.2, 0) is 10.5 Å². The largest absolute Gasteiger partial charge is 0.456 e. The van der Waals surface area contributed by atoms with Crippen molar-refractivity contribution in [3.8, 4) is 0 Å². The molecule has 1 aromatic carbocycles. The van der Waals surface area contributed by atoms with Crippen LogP contribution in [0.2, 0.25) is 0 Å². The van der Waals surface area contributed by atoms with E-state index in [0.717, 1.165) is 17.0 Å². The first-order valence-corrected chi connectivity index (χ1v) is 6.51. The lowest BCUT2D eigenvalue weighted by Crippen LogP contribution is -2.23. The van der Waals surface area contributed by atoms with Crippen LogP contribution in [0.15, 0.2) is 23.2 Å². The fourth-order valence-electron chi connectivity index (χ4n) is 1.49. The number of fused-ring (bicyclic) bond motifs is 1. The number of hydrogen-bond acceptors (Lipinski definition) is 4. The molecule has 1 aliphatic rings. The number of carbonyl (C=O) groups excluding carboxylic acids is 1. The Bertz CT molecular complexity index is 475. The van der Waals surface area contributed by atoms with E-state index in [4.69, 9.17) is 4.74 Å². The van der Waals surface area contributed by atoms with Gasteiger partial charge in [-0.3, -0.25) is 0 Å². The van der Waals surface area contributed by atoms with Crippen LogP contribution in [0.5, 0.6) is 0 Å². The molecule has 0 fully saturated rings. The van der Waals surface area contributed by atoms with Gasteiger partial charge in [0.2, 0.25) is 0 Å². The molecule has 0 N–H and O–H groups in total. The van der Waals surface area contributed by atoms with Crippen molar-refractivity contribution >= 4 is 29.0 Å². The van der Waals surface area contributed by atoms with Gasteiger partial charge in [0.25, 0.3) is 0 Å². The van der Waals surface area contributed by atoms with Gasteiger partial charge in [0.05, 0.1) is 16.8 Å². The summed E-state index contributed by atoms with van der Waals surface area (Å²) < 4.78 is 5.32. The summed E-state index contributed by atoms with van der Waals surface area (Å²) in [5, 5.41) is 0. The molecular weight excluding hydrogens is 234 g/mol. The summed E-state index contributed by atoms with van der Waals surface area (Å²) >= 11 is 1.65. The SMILES string of the molecule is CC(C)(C)OC(=O)c1ccc2c(c1)N=CSC2. The van der Waals surface area contributed by atoms with E-state index in [1.54, 1.807) is 29.4 Å². The minimum Gasteiger partial charge on any atom is -0.456 e. The van der Waals surface area contributed by atoms with Crippen molar-refractivity contribution in [1.29, 1.82) is 0 Å². The number of ether oxygens (including phenoxy) is 1. The molecule has 1 heterocycles. The topological polar surface area (TPSA) is 38.7 Å². The van der Waals surface area contributed by atoms with Crippen LogP contribution < -0.4 is 0 Å².